The van der Waals surface area contributed by atoms with Gasteiger partial charge in [0.25, 0.3) is 5.91 Å². The van der Waals surface area contributed by atoms with E-state index in [1.807, 2.05) is 24.3 Å². The molecular weight excluding hydrogens is 278 g/mol. The number of carbonyl (C=O) groups is 2. The third kappa shape index (κ3) is 2.64. The molecule has 2 aromatic carbocycles. The van der Waals surface area contributed by atoms with Crippen molar-refractivity contribution >= 4 is 28.4 Å². The summed E-state index contributed by atoms with van der Waals surface area (Å²) in [5.74, 6) is -0.872. The Labute approximate surface area is 126 Å². The maximum atomic E-state index is 12.3. The molecule has 0 aliphatic carbocycles. The third-order valence-electron chi connectivity index (χ3n) is 3.30. The van der Waals surface area contributed by atoms with Gasteiger partial charge in [0.2, 0.25) is 5.91 Å². The fourth-order valence-electron chi connectivity index (χ4n) is 2.22. The first kappa shape index (κ1) is 13.8. The second-order valence-electron chi connectivity index (χ2n) is 4.77. The number of pyridine rings is 1. The maximum absolute atomic E-state index is 12.3. The standard InChI is InChI=1S/C17H13N3O2/c18-16(21)11-4-1-5-12(10-11)17(22)20-15-8-2-7-14-13(15)6-3-9-19-14/h1-10H,(H2,18,21)(H,20,22). The zero-order valence-corrected chi connectivity index (χ0v) is 11.6. The molecule has 5 nitrogen and oxygen atoms in total. The number of nitrogens with zero attached hydrogens (tertiary/aromatic N) is 1. The quantitative estimate of drug-likeness (QED) is 0.777. The summed E-state index contributed by atoms with van der Waals surface area (Å²) < 4.78 is 0. The van der Waals surface area contributed by atoms with Gasteiger partial charge in [0.05, 0.1) is 11.2 Å². The lowest BCUT2D eigenvalue weighted by atomic mass is 10.1. The second kappa shape index (κ2) is 5.65. The van der Waals surface area contributed by atoms with E-state index >= 15 is 0 Å². The van der Waals surface area contributed by atoms with Gasteiger partial charge in [-0.25, -0.2) is 0 Å². The van der Waals surface area contributed by atoms with E-state index in [1.165, 1.54) is 6.07 Å². The minimum absolute atomic E-state index is 0.298. The van der Waals surface area contributed by atoms with E-state index in [1.54, 1.807) is 30.5 Å². The average molecular weight is 291 g/mol. The van der Waals surface area contributed by atoms with E-state index in [0.29, 0.717) is 16.8 Å². The normalized spacial score (nSPS) is 10.4. The summed E-state index contributed by atoms with van der Waals surface area (Å²) in [6.45, 7) is 0. The van der Waals surface area contributed by atoms with Crippen LogP contribution in [0.15, 0.2) is 60.8 Å². The van der Waals surface area contributed by atoms with Crippen LogP contribution in [0.4, 0.5) is 5.69 Å². The van der Waals surface area contributed by atoms with Crippen LogP contribution in [-0.2, 0) is 0 Å². The Kier molecular flexibility index (Phi) is 3.53. The Morgan fingerprint density at radius 3 is 2.55 bits per heavy atom. The van der Waals surface area contributed by atoms with Gasteiger partial charge in [-0.1, -0.05) is 12.1 Å². The Morgan fingerprint density at radius 2 is 1.73 bits per heavy atom. The monoisotopic (exact) mass is 291 g/mol. The maximum Gasteiger partial charge on any atom is 0.255 e. The zero-order chi connectivity index (χ0) is 15.5. The number of aromatic nitrogens is 1. The number of carbonyl (C=O) groups excluding carboxylic acids is 2. The highest BCUT2D eigenvalue weighted by Crippen LogP contribution is 2.22. The summed E-state index contributed by atoms with van der Waals surface area (Å²) in [7, 11) is 0. The van der Waals surface area contributed by atoms with Crippen molar-refractivity contribution in [2.45, 2.75) is 0 Å². The zero-order valence-electron chi connectivity index (χ0n) is 11.6. The molecule has 0 saturated heterocycles. The minimum atomic E-state index is -0.566. The molecule has 0 aliphatic heterocycles. The summed E-state index contributed by atoms with van der Waals surface area (Å²) in [6, 6.07) is 15.5. The Hall–Kier alpha value is -3.21. The van der Waals surface area contributed by atoms with Crippen molar-refractivity contribution in [1.29, 1.82) is 0 Å². The van der Waals surface area contributed by atoms with E-state index in [9.17, 15) is 9.59 Å². The smallest absolute Gasteiger partial charge is 0.255 e. The van der Waals surface area contributed by atoms with Gasteiger partial charge in [-0.3, -0.25) is 14.6 Å². The number of benzene rings is 2. The topological polar surface area (TPSA) is 85.1 Å². The van der Waals surface area contributed by atoms with Crippen molar-refractivity contribution in [3.05, 3.63) is 71.9 Å². The van der Waals surface area contributed by atoms with Gasteiger partial charge in [-0.05, 0) is 42.5 Å². The number of hydrogen-bond donors (Lipinski definition) is 2. The molecule has 108 valence electrons. The molecule has 1 aromatic heterocycles. The number of primary amides is 1. The van der Waals surface area contributed by atoms with Gasteiger partial charge in [0.15, 0.2) is 0 Å². The fourth-order valence-corrected chi connectivity index (χ4v) is 2.22. The largest absolute Gasteiger partial charge is 0.366 e. The van der Waals surface area contributed by atoms with Crippen molar-refractivity contribution in [3.63, 3.8) is 0 Å². The highest BCUT2D eigenvalue weighted by molar-refractivity contribution is 6.09. The lowest BCUT2D eigenvalue weighted by Crippen LogP contribution is -2.15. The molecule has 0 fully saturated rings. The van der Waals surface area contributed by atoms with Crippen molar-refractivity contribution in [2.24, 2.45) is 5.73 Å². The van der Waals surface area contributed by atoms with Crippen molar-refractivity contribution in [2.75, 3.05) is 5.32 Å². The predicted octanol–water partition coefficient (Wildman–Crippen LogP) is 2.59. The fraction of sp³-hybridized carbons (Fsp3) is 0. The molecule has 5 heteroatoms. The van der Waals surface area contributed by atoms with E-state index in [-0.39, 0.29) is 5.91 Å². The van der Waals surface area contributed by atoms with E-state index in [2.05, 4.69) is 10.3 Å². The SMILES string of the molecule is NC(=O)c1cccc(C(=O)Nc2cccc3ncccc23)c1. The molecule has 1 heterocycles. The summed E-state index contributed by atoms with van der Waals surface area (Å²) in [4.78, 5) is 27.8. The van der Waals surface area contributed by atoms with Crippen LogP contribution in [0, 0.1) is 0 Å². The molecular formula is C17H13N3O2. The predicted molar refractivity (Wildman–Crippen MR) is 84.7 cm³/mol. The molecule has 0 unspecified atom stereocenters. The first-order valence-corrected chi connectivity index (χ1v) is 6.70. The molecule has 22 heavy (non-hydrogen) atoms. The van der Waals surface area contributed by atoms with Crippen LogP contribution in [0.1, 0.15) is 20.7 Å². The molecule has 3 rings (SSSR count). The number of rotatable bonds is 3. The lowest BCUT2D eigenvalue weighted by Gasteiger charge is -2.08. The molecule has 0 atom stereocenters. The molecule has 2 amide bonds. The van der Waals surface area contributed by atoms with Gasteiger partial charge in [0, 0.05) is 22.7 Å². The van der Waals surface area contributed by atoms with Gasteiger partial charge in [0.1, 0.15) is 0 Å². The van der Waals surface area contributed by atoms with Crippen LogP contribution < -0.4 is 11.1 Å². The van der Waals surface area contributed by atoms with Gasteiger partial charge in [-0.15, -0.1) is 0 Å². The Bertz CT molecular complexity index is 869. The number of fused-ring (bicyclic) bond motifs is 1. The highest BCUT2D eigenvalue weighted by atomic mass is 16.2. The molecule has 0 saturated carbocycles. The molecule has 0 bridgehead atoms. The number of nitrogens with one attached hydrogen (secondary N) is 1. The van der Waals surface area contributed by atoms with Crippen LogP contribution >= 0.6 is 0 Å². The first-order valence-electron chi connectivity index (χ1n) is 6.70. The molecule has 0 radical (unpaired) electrons. The average Bonchev–Trinajstić information content (AvgIpc) is 2.55. The Balaban J connectivity index is 1.93. The summed E-state index contributed by atoms with van der Waals surface area (Å²) in [5.41, 5.74) is 7.37. The van der Waals surface area contributed by atoms with Crippen molar-refractivity contribution in [1.82, 2.24) is 4.98 Å². The van der Waals surface area contributed by atoms with E-state index in [0.717, 1.165) is 10.9 Å². The van der Waals surface area contributed by atoms with E-state index in [4.69, 9.17) is 5.73 Å². The van der Waals surface area contributed by atoms with Gasteiger partial charge >= 0.3 is 0 Å². The van der Waals surface area contributed by atoms with Crippen LogP contribution in [0.5, 0.6) is 0 Å². The number of amides is 2. The Morgan fingerprint density at radius 1 is 0.955 bits per heavy atom. The third-order valence-corrected chi connectivity index (χ3v) is 3.30. The number of anilines is 1. The highest BCUT2D eigenvalue weighted by Gasteiger charge is 2.10. The van der Waals surface area contributed by atoms with Crippen molar-refractivity contribution in [3.8, 4) is 0 Å². The minimum Gasteiger partial charge on any atom is -0.366 e. The number of hydrogen-bond acceptors (Lipinski definition) is 3. The first-order chi connectivity index (χ1) is 10.6. The lowest BCUT2D eigenvalue weighted by molar-refractivity contribution is 0.1000. The van der Waals surface area contributed by atoms with Crippen molar-refractivity contribution < 1.29 is 9.59 Å². The molecule has 0 aliphatic rings. The second-order valence-corrected chi connectivity index (χ2v) is 4.77. The van der Waals surface area contributed by atoms with Crippen LogP contribution in [0.3, 0.4) is 0 Å². The van der Waals surface area contributed by atoms with Crippen LogP contribution in [0.2, 0.25) is 0 Å². The van der Waals surface area contributed by atoms with E-state index < -0.39 is 5.91 Å². The number of nitrogens with two attached hydrogens (primary N) is 1. The summed E-state index contributed by atoms with van der Waals surface area (Å²) in [5, 5.41) is 3.69. The van der Waals surface area contributed by atoms with Gasteiger partial charge < -0.3 is 11.1 Å². The molecule has 0 spiro atoms. The van der Waals surface area contributed by atoms with Crippen LogP contribution in [-0.4, -0.2) is 16.8 Å². The summed E-state index contributed by atoms with van der Waals surface area (Å²) >= 11 is 0. The molecule has 3 aromatic rings. The summed E-state index contributed by atoms with van der Waals surface area (Å²) in [6.07, 6.45) is 1.70. The van der Waals surface area contributed by atoms with Gasteiger partial charge in [-0.2, -0.15) is 0 Å². The van der Waals surface area contributed by atoms with Crippen LogP contribution in [0.25, 0.3) is 10.9 Å². The molecule has 3 N–H and O–H groups in total.